The van der Waals surface area contributed by atoms with E-state index < -0.39 is 11.6 Å². The van der Waals surface area contributed by atoms with Crippen LogP contribution in [0.5, 0.6) is 0 Å². The van der Waals surface area contributed by atoms with Gasteiger partial charge in [-0.2, -0.15) is 0 Å². The van der Waals surface area contributed by atoms with Gasteiger partial charge in [0.1, 0.15) is 5.60 Å². The van der Waals surface area contributed by atoms with Crippen molar-refractivity contribution in [3.8, 4) is 0 Å². The summed E-state index contributed by atoms with van der Waals surface area (Å²) in [6.07, 6.45) is 4.69. The molecule has 1 saturated carbocycles. The van der Waals surface area contributed by atoms with E-state index in [9.17, 15) is 9.59 Å². The molecule has 1 unspecified atom stereocenters. The van der Waals surface area contributed by atoms with Crippen LogP contribution in [0.25, 0.3) is 0 Å². The summed E-state index contributed by atoms with van der Waals surface area (Å²) in [7, 11) is 0. The van der Waals surface area contributed by atoms with Crippen molar-refractivity contribution in [3.05, 3.63) is 0 Å². The van der Waals surface area contributed by atoms with Crippen LogP contribution in [0.15, 0.2) is 0 Å². The van der Waals surface area contributed by atoms with Crippen LogP contribution in [0.2, 0.25) is 0 Å². The molecule has 1 aliphatic carbocycles. The Kier molecular flexibility index (Phi) is 5.89. The quantitative estimate of drug-likeness (QED) is 0.859. The lowest BCUT2D eigenvalue weighted by atomic mass is 9.87. The van der Waals surface area contributed by atoms with Gasteiger partial charge >= 0.3 is 12.1 Å². The minimum absolute atomic E-state index is 0.0713. The fourth-order valence-electron chi connectivity index (χ4n) is 3.29. The molecule has 1 saturated heterocycles. The first-order valence-electron chi connectivity index (χ1n) is 8.60. The molecule has 2 rings (SSSR count). The molecule has 132 valence electrons. The third-order valence-electron chi connectivity index (χ3n) is 4.55. The second-order valence-electron chi connectivity index (χ2n) is 7.61. The van der Waals surface area contributed by atoms with Crippen LogP contribution in [-0.2, 0) is 14.3 Å². The second kappa shape index (κ2) is 7.51. The van der Waals surface area contributed by atoms with Crippen LogP contribution in [0.4, 0.5) is 4.79 Å². The van der Waals surface area contributed by atoms with Crippen molar-refractivity contribution in [2.75, 3.05) is 13.2 Å². The number of hydrogen-bond donors (Lipinski definition) is 1. The highest BCUT2D eigenvalue weighted by Crippen LogP contribution is 2.28. The maximum atomic E-state index is 12.2. The number of nitrogens with zero attached hydrogens (tertiary/aromatic N) is 1. The summed E-state index contributed by atoms with van der Waals surface area (Å²) in [5.41, 5.74) is -0.486. The van der Waals surface area contributed by atoms with Gasteiger partial charge in [0.15, 0.2) is 0 Å². The molecular weight excluding hydrogens is 298 g/mol. The molecule has 23 heavy (non-hydrogen) atoms. The van der Waals surface area contributed by atoms with E-state index in [0.29, 0.717) is 26.0 Å². The number of carbonyl (C=O) groups is 2. The maximum absolute atomic E-state index is 12.2. The molecule has 2 aliphatic rings. The Bertz CT molecular complexity index is 423. The van der Waals surface area contributed by atoms with Crippen molar-refractivity contribution in [3.63, 3.8) is 0 Å². The van der Waals surface area contributed by atoms with Crippen LogP contribution in [0, 0.1) is 5.92 Å². The number of carbonyl (C=O) groups excluding carboxylic acids is 1. The smallest absolute Gasteiger partial charge is 0.410 e. The molecule has 2 fully saturated rings. The first-order valence-corrected chi connectivity index (χ1v) is 8.60. The molecule has 6 nitrogen and oxygen atoms in total. The largest absolute Gasteiger partial charge is 0.481 e. The summed E-state index contributed by atoms with van der Waals surface area (Å²) in [4.78, 5) is 25.0. The Morgan fingerprint density at radius 3 is 2.35 bits per heavy atom. The van der Waals surface area contributed by atoms with Gasteiger partial charge in [-0.05, 0) is 59.3 Å². The van der Waals surface area contributed by atoms with Crippen LogP contribution < -0.4 is 0 Å². The maximum Gasteiger partial charge on any atom is 0.410 e. The summed E-state index contributed by atoms with van der Waals surface area (Å²) >= 11 is 0. The van der Waals surface area contributed by atoms with E-state index >= 15 is 0 Å². The summed E-state index contributed by atoms with van der Waals surface area (Å²) < 4.78 is 11.4. The molecule has 0 spiro atoms. The molecule has 0 radical (unpaired) electrons. The number of carboxylic acids is 1. The van der Waals surface area contributed by atoms with Crippen molar-refractivity contribution in [1.82, 2.24) is 4.90 Å². The molecule has 0 bridgehead atoms. The Labute approximate surface area is 138 Å². The molecule has 1 amide bonds. The van der Waals surface area contributed by atoms with Gasteiger partial charge in [0.2, 0.25) is 0 Å². The second-order valence-corrected chi connectivity index (χ2v) is 7.61. The zero-order chi connectivity index (χ0) is 17.0. The molecule has 1 heterocycles. The van der Waals surface area contributed by atoms with Gasteiger partial charge in [0.25, 0.3) is 0 Å². The van der Waals surface area contributed by atoms with Crippen molar-refractivity contribution in [2.24, 2.45) is 5.92 Å². The zero-order valence-electron chi connectivity index (χ0n) is 14.4. The molecule has 0 aromatic rings. The van der Waals surface area contributed by atoms with E-state index in [4.69, 9.17) is 14.6 Å². The Morgan fingerprint density at radius 2 is 1.78 bits per heavy atom. The van der Waals surface area contributed by atoms with Gasteiger partial charge in [-0.15, -0.1) is 0 Å². The summed E-state index contributed by atoms with van der Waals surface area (Å²) in [5.74, 6) is -0.921. The third kappa shape index (κ3) is 5.37. The van der Waals surface area contributed by atoms with Gasteiger partial charge in [-0.1, -0.05) is 0 Å². The number of rotatable bonds is 4. The predicted octanol–water partition coefficient (Wildman–Crippen LogP) is 3.05. The zero-order valence-corrected chi connectivity index (χ0v) is 14.4. The van der Waals surface area contributed by atoms with Gasteiger partial charge < -0.3 is 19.5 Å². The molecule has 1 aliphatic heterocycles. The minimum Gasteiger partial charge on any atom is -0.481 e. The van der Waals surface area contributed by atoms with Crippen molar-refractivity contribution in [2.45, 2.75) is 77.0 Å². The molecular formula is C17H29NO5. The number of likely N-dealkylation sites (tertiary alicyclic amines) is 1. The lowest BCUT2D eigenvalue weighted by Crippen LogP contribution is -2.42. The highest BCUT2D eigenvalue weighted by Gasteiger charge is 2.33. The van der Waals surface area contributed by atoms with Crippen LogP contribution >= 0.6 is 0 Å². The van der Waals surface area contributed by atoms with Gasteiger partial charge in [0.05, 0.1) is 24.7 Å². The molecule has 1 atom stereocenters. The number of amides is 1. The topological polar surface area (TPSA) is 76.1 Å². The van der Waals surface area contributed by atoms with Crippen molar-refractivity contribution >= 4 is 12.1 Å². The monoisotopic (exact) mass is 327 g/mol. The van der Waals surface area contributed by atoms with Crippen LogP contribution in [0.1, 0.15) is 59.3 Å². The first-order chi connectivity index (χ1) is 10.8. The lowest BCUT2D eigenvalue weighted by molar-refractivity contribution is -0.143. The summed E-state index contributed by atoms with van der Waals surface area (Å²) in [6, 6.07) is 0.0713. The fourth-order valence-corrected chi connectivity index (χ4v) is 3.29. The third-order valence-corrected chi connectivity index (χ3v) is 4.55. The van der Waals surface area contributed by atoms with Crippen molar-refractivity contribution in [1.29, 1.82) is 0 Å². The van der Waals surface area contributed by atoms with E-state index in [-0.39, 0.29) is 24.2 Å². The molecule has 0 aromatic carbocycles. The normalized spacial score (nSPS) is 28.7. The Hall–Kier alpha value is -1.30. The van der Waals surface area contributed by atoms with Gasteiger partial charge in [-0.3, -0.25) is 4.79 Å². The van der Waals surface area contributed by atoms with Crippen LogP contribution in [0.3, 0.4) is 0 Å². The van der Waals surface area contributed by atoms with Crippen LogP contribution in [-0.4, -0.2) is 53.0 Å². The highest BCUT2D eigenvalue weighted by molar-refractivity contribution is 5.70. The molecule has 1 N–H and O–H groups in total. The standard InChI is InChI=1S/C17H29NO5/c1-17(2,3)23-16(21)18-10-4-5-13(18)11-22-14-8-6-12(7-9-14)15(19)20/h12-14H,4-11H2,1-3H3,(H,19,20). The van der Waals surface area contributed by atoms with E-state index in [2.05, 4.69) is 0 Å². The Balaban J connectivity index is 1.76. The minimum atomic E-state index is -0.699. The molecule has 6 heteroatoms. The fraction of sp³-hybridized carbons (Fsp3) is 0.882. The SMILES string of the molecule is CC(C)(C)OC(=O)N1CCCC1COC1CCC(C(=O)O)CC1. The highest BCUT2D eigenvalue weighted by atomic mass is 16.6. The number of ether oxygens (including phenoxy) is 2. The predicted molar refractivity (Wildman–Crippen MR) is 85.3 cm³/mol. The summed E-state index contributed by atoms with van der Waals surface area (Å²) in [6.45, 7) is 6.84. The molecule has 0 aromatic heterocycles. The van der Waals surface area contributed by atoms with E-state index in [1.54, 1.807) is 4.90 Å². The van der Waals surface area contributed by atoms with Gasteiger partial charge in [-0.25, -0.2) is 4.79 Å². The average molecular weight is 327 g/mol. The Morgan fingerprint density at radius 1 is 1.13 bits per heavy atom. The summed E-state index contributed by atoms with van der Waals surface area (Å²) in [5, 5.41) is 9.02. The van der Waals surface area contributed by atoms with E-state index in [0.717, 1.165) is 25.7 Å². The number of aliphatic carboxylic acids is 1. The number of carboxylic acid groups (broad SMARTS) is 1. The van der Waals surface area contributed by atoms with E-state index in [1.165, 1.54) is 0 Å². The van der Waals surface area contributed by atoms with Gasteiger partial charge in [0, 0.05) is 6.54 Å². The average Bonchev–Trinajstić information content (AvgIpc) is 2.92. The lowest BCUT2D eigenvalue weighted by Gasteiger charge is -2.31. The van der Waals surface area contributed by atoms with Crippen molar-refractivity contribution < 1.29 is 24.2 Å². The number of hydrogen-bond acceptors (Lipinski definition) is 4. The van der Waals surface area contributed by atoms with E-state index in [1.807, 2.05) is 20.8 Å². The first kappa shape index (κ1) is 18.0.